The van der Waals surface area contributed by atoms with Crippen LogP contribution in [0.4, 0.5) is 5.69 Å². The van der Waals surface area contributed by atoms with Crippen molar-refractivity contribution in [2.24, 2.45) is 0 Å². The van der Waals surface area contributed by atoms with E-state index in [0.717, 1.165) is 5.56 Å². The van der Waals surface area contributed by atoms with Crippen molar-refractivity contribution in [3.05, 3.63) is 68.3 Å². The fourth-order valence-electron chi connectivity index (χ4n) is 5.21. The maximum absolute atomic E-state index is 14.1. The molecule has 3 aromatic rings. The lowest BCUT2D eigenvalue weighted by atomic mass is 10.0. The third-order valence-electron chi connectivity index (χ3n) is 6.73. The van der Waals surface area contributed by atoms with Crippen molar-refractivity contribution in [3.8, 4) is 11.8 Å². The molecule has 0 unspecified atom stereocenters. The van der Waals surface area contributed by atoms with Gasteiger partial charge in [-0.25, -0.2) is 4.98 Å². The first-order valence-corrected chi connectivity index (χ1v) is 12.8. The second kappa shape index (κ2) is 10.2. The Hall–Kier alpha value is -3.41. The Morgan fingerprint density at radius 1 is 1.24 bits per heavy atom. The second-order valence-electron chi connectivity index (χ2n) is 9.68. The van der Waals surface area contributed by atoms with Gasteiger partial charge in [-0.3, -0.25) is 19.1 Å². The molecule has 1 saturated heterocycles. The van der Waals surface area contributed by atoms with E-state index in [1.807, 2.05) is 45.6 Å². The number of carbonyl (C=O) groups excluding carboxylic acids is 1. The Labute approximate surface area is 225 Å². The SMILES string of the molecule is C=CC(=O)N1[C@H](C)CN(c2c(C#N)c(=O)n(-c3c(C)ccnc3C(C)C)c3nc(Cl)c(Cl)cc23)C[C@@H]1C. The van der Waals surface area contributed by atoms with Crippen molar-refractivity contribution in [1.29, 1.82) is 5.26 Å². The van der Waals surface area contributed by atoms with Crippen molar-refractivity contribution < 1.29 is 4.79 Å². The number of nitrogens with zero attached hydrogens (tertiary/aromatic N) is 6. The van der Waals surface area contributed by atoms with Crippen LogP contribution in [0.1, 0.15) is 50.4 Å². The third-order valence-corrected chi connectivity index (χ3v) is 7.41. The molecule has 37 heavy (non-hydrogen) atoms. The van der Waals surface area contributed by atoms with E-state index in [0.29, 0.717) is 35.5 Å². The summed E-state index contributed by atoms with van der Waals surface area (Å²) in [7, 11) is 0. The zero-order valence-electron chi connectivity index (χ0n) is 21.4. The summed E-state index contributed by atoms with van der Waals surface area (Å²) in [6, 6.07) is 5.22. The molecule has 0 saturated carbocycles. The van der Waals surface area contributed by atoms with E-state index >= 15 is 0 Å². The number of aromatic nitrogens is 3. The molecule has 1 aliphatic heterocycles. The van der Waals surface area contributed by atoms with E-state index < -0.39 is 5.56 Å². The van der Waals surface area contributed by atoms with Gasteiger partial charge in [0.25, 0.3) is 5.56 Å². The highest BCUT2D eigenvalue weighted by Gasteiger charge is 2.35. The minimum atomic E-state index is -0.515. The number of fused-ring (bicyclic) bond motifs is 1. The molecule has 0 spiro atoms. The average molecular weight is 539 g/mol. The Morgan fingerprint density at radius 2 is 1.89 bits per heavy atom. The van der Waals surface area contributed by atoms with Crippen LogP contribution in [-0.2, 0) is 4.79 Å². The Morgan fingerprint density at radius 3 is 2.46 bits per heavy atom. The minimum absolute atomic E-state index is 0.00186. The third kappa shape index (κ3) is 4.47. The maximum Gasteiger partial charge on any atom is 0.276 e. The first-order chi connectivity index (χ1) is 17.5. The highest BCUT2D eigenvalue weighted by molar-refractivity contribution is 6.41. The molecule has 2 atom stereocenters. The fraction of sp³-hybridized carbons (Fsp3) is 0.370. The van der Waals surface area contributed by atoms with E-state index in [1.165, 1.54) is 10.6 Å². The minimum Gasteiger partial charge on any atom is -0.366 e. The van der Waals surface area contributed by atoms with Crippen LogP contribution in [0.3, 0.4) is 0 Å². The van der Waals surface area contributed by atoms with Crippen molar-refractivity contribution >= 4 is 45.8 Å². The van der Waals surface area contributed by atoms with Crippen LogP contribution in [0.2, 0.25) is 10.2 Å². The van der Waals surface area contributed by atoms with Gasteiger partial charge in [-0.05, 0) is 50.5 Å². The molecule has 3 aromatic heterocycles. The maximum atomic E-state index is 14.1. The number of hydrogen-bond acceptors (Lipinski definition) is 6. The number of anilines is 1. The van der Waals surface area contributed by atoms with Crippen molar-refractivity contribution in [1.82, 2.24) is 19.4 Å². The van der Waals surface area contributed by atoms with Gasteiger partial charge < -0.3 is 9.80 Å². The first-order valence-electron chi connectivity index (χ1n) is 12.0. The van der Waals surface area contributed by atoms with Crippen molar-refractivity contribution in [3.63, 3.8) is 0 Å². The topological polar surface area (TPSA) is 95.1 Å². The summed E-state index contributed by atoms with van der Waals surface area (Å²) in [4.78, 5) is 39.3. The number of rotatable bonds is 4. The number of hydrogen-bond donors (Lipinski definition) is 0. The Bertz CT molecular complexity index is 1510. The standard InChI is InChI=1S/C27H28Cl2N6O2/c1-7-21(36)34-16(5)12-33(13-17(34)6)24-18-10-20(28)25(29)32-26(18)35(27(37)19(24)11-30)23-15(4)8-9-31-22(23)14(2)3/h7-10,14,16-17H,1,12-13H2,2-6H3/t16-,17+. The highest BCUT2D eigenvalue weighted by Crippen LogP contribution is 2.36. The monoisotopic (exact) mass is 538 g/mol. The first kappa shape index (κ1) is 26.6. The molecule has 4 rings (SSSR count). The number of pyridine rings is 3. The van der Waals surface area contributed by atoms with Gasteiger partial charge in [0, 0.05) is 36.8 Å². The normalized spacial score (nSPS) is 17.8. The largest absolute Gasteiger partial charge is 0.366 e. The summed E-state index contributed by atoms with van der Waals surface area (Å²) >= 11 is 12.8. The predicted molar refractivity (Wildman–Crippen MR) is 147 cm³/mol. The Kier molecular flexibility index (Phi) is 7.31. The van der Waals surface area contributed by atoms with Crippen LogP contribution in [0.25, 0.3) is 16.7 Å². The molecule has 0 aliphatic carbocycles. The van der Waals surface area contributed by atoms with E-state index in [2.05, 4.69) is 22.6 Å². The quantitative estimate of drug-likeness (QED) is 0.342. The fourth-order valence-corrected chi connectivity index (χ4v) is 5.50. The number of carbonyl (C=O) groups is 1. The van der Waals surface area contributed by atoms with Crippen molar-refractivity contribution in [2.45, 2.75) is 52.6 Å². The van der Waals surface area contributed by atoms with E-state index in [-0.39, 0.29) is 45.3 Å². The van der Waals surface area contributed by atoms with E-state index in [9.17, 15) is 14.9 Å². The molecule has 0 aromatic carbocycles. The zero-order valence-corrected chi connectivity index (χ0v) is 22.9. The molecule has 0 radical (unpaired) electrons. The molecular formula is C27H28Cl2N6O2. The highest BCUT2D eigenvalue weighted by atomic mass is 35.5. The smallest absolute Gasteiger partial charge is 0.276 e. The van der Waals surface area contributed by atoms with Gasteiger partial charge in [0.15, 0.2) is 5.65 Å². The average Bonchev–Trinajstić information content (AvgIpc) is 2.84. The molecule has 8 nitrogen and oxygen atoms in total. The van der Waals surface area contributed by atoms with Crippen molar-refractivity contribution in [2.75, 3.05) is 18.0 Å². The van der Waals surface area contributed by atoms with Crippen LogP contribution in [0.5, 0.6) is 0 Å². The van der Waals surface area contributed by atoms with Gasteiger partial charge in [-0.1, -0.05) is 43.6 Å². The molecule has 0 bridgehead atoms. The molecule has 0 N–H and O–H groups in total. The van der Waals surface area contributed by atoms with E-state index in [1.54, 1.807) is 17.2 Å². The number of nitriles is 1. The Balaban J connectivity index is 2.08. The zero-order chi connectivity index (χ0) is 27.2. The summed E-state index contributed by atoms with van der Waals surface area (Å²) in [5, 5.41) is 11.1. The molecule has 1 fully saturated rings. The summed E-state index contributed by atoms with van der Waals surface area (Å²) < 4.78 is 1.43. The summed E-state index contributed by atoms with van der Waals surface area (Å²) in [6.45, 7) is 14.1. The van der Waals surface area contributed by atoms with Crippen LogP contribution < -0.4 is 10.5 Å². The molecule has 1 aliphatic rings. The number of aryl methyl sites for hydroxylation is 1. The number of piperazine rings is 1. The molecule has 192 valence electrons. The molecular weight excluding hydrogens is 511 g/mol. The van der Waals surface area contributed by atoms with Gasteiger partial charge in [0.05, 0.1) is 22.1 Å². The predicted octanol–water partition coefficient (Wildman–Crippen LogP) is 5.00. The van der Waals surface area contributed by atoms with Gasteiger partial charge in [0.1, 0.15) is 16.8 Å². The van der Waals surface area contributed by atoms with Crippen LogP contribution in [-0.4, -0.2) is 50.5 Å². The van der Waals surface area contributed by atoms with Crippen LogP contribution in [0.15, 0.2) is 35.8 Å². The molecule has 4 heterocycles. The molecule has 1 amide bonds. The van der Waals surface area contributed by atoms with Gasteiger partial charge >= 0.3 is 0 Å². The summed E-state index contributed by atoms with van der Waals surface area (Å²) in [6.07, 6.45) is 3.00. The van der Waals surface area contributed by atoms with Gasteiger partial charge in [-0.2, -0.15) is 5.26 Å². The summed E-state index contributed by atoms with van der Waals surface area (Å²) in [5.74, 6) is -0.160. The lowest BCUT2D eigenvalue weighted by Gasteiger charge is -2.45. The van der Waals surface area contributed by atoms with Gasteiger partial charge in [0.2, 0.25) is 5.91 Å². The number of halogens is 2. The van der Waals surface area contributed by atoms with Crippen LogP contribution >= 0.6 is 23.2 Å². The summed E-state index contributed by atoms with van der Waals surface area (Å²) in [5.41, 5.74) is 2.26. The van der Waals surface area contributed by atoms with Gasteiger partial charge in [-0.15, -0.1) is 0 Å². The molecule has 10 heteroatoms. The lowest BCUT2D eigenvalue weighted by molar-refractivity contribution is -0.130. The van der Waals surface area contributed by atoms with Crippen LogP contribution in [0, 0.1) is 18.3 Å². The second-order valence-corrected chi connectivity index (χ2v) is 10.4. The lowest BCUT2D eigenvalue weighted by Crippen LogP contribution is -2.58. The van der Waals surface area contributed by atoms with E-state index in [4.69, 9.17) is 23.2 Å². The number of amides is 1.